The van der Waals surface area contributed by atoms with Crippen LogP contribution in [0.25, 0.3) is 16.3 Å². The molecule has 1 amide bonds. The minimum Gasteiger partial charge on any atom is -0.494 e. The van der Waals surface area contributed by atoms with Gasteiger partial charge in [0.05, 0.1) is 23.7 Å². The molecule has 152 valence electrons. The maximum atomic E-state index is 13.0. The van der Waals surface area contributed by atoms with E-state index in [4.69, 9.17) is 4.74 Å². The van der Waals surface area contributed by atoms with E-state index in [2.05, 4.69) is 36.3 Å². The van der Waals surface area contributed by atoms with E-state index in [1.165, 1.54) is 17.7 Å². The van der Waals surface area contributed by atoms with Crippen molar-refractivity contribution in [3.05, 3.63) is 70.2 Å². The molecule has 0 aliphatic heterocycles. The molecule has 30 heavy (non-hydrogen) atoms. The number of anilines is 1. The maximum Gasteiger partial charge on any atom is 0.267 e. The summed E-state index contributed by atoms with van der Waals surface area (Å²) in [5.74, 6) is 0.587. The second-order valence-electron chi connectivity index (χ2n) is 6.35. The van der Waals surface area contributed by atoms with E-state index in [0.29, 0.717) is 22.9 Å². The fraction of sp³-hybridized carbons (Fsp3) is 0.143. The Balaban J connectivity index is 1.60. The lowest BCUT2D eigenvalue weighted by Gasteiger charge is -2.11. The largest absolute Gasteiger partial charge is 0.494 e. The summed E-state index contributed by atoms with van der Waals surface area (Å²) >= 11 is 4.81. The lowest BCUT2D eigenvalue weighted by molar-refractivity contribution is 0.102. The van der Waals surface area contributed by atoms with Gasteiger partial charge < -0.3 is 10.1 Å². The Labute approximate surface area is 185 Å². The fourth-order valence-electron chi connectivity index (χ4n) is 2.91. The molecule has 0 aliphatic carbocycles. The zero-order valence-corrected chi connectivity index (χ0v) is 18.7. The lowest BCUT2D eigenvalue weighted by Crippen LogP contribution is -2.14. The third kappa shape index (κ3) is 4.27. The molecule has 4 aromatic rings. The van der Waals surface area contributed by atoms with Crippen LogP contribution in [0.4, 0.5) is 5.69 Å². The molecule has 1 N–H and O–H groups in total. The van der Waals surface area contributed by atoms with Gasteiger partial charge in [-0.3, -0.25) is 4.79 Å². The number of hydrogen-bond donors (Lipinski definition) is 1. The number of aryl methyl sites for hydroxylation is 1. The molecule has 0 saturated carbocycles. The monoisotopic (exact) mass is 483 g/mol. The highest BCUT2D eigenvalue weighted by molar-refractivity contribution is 9.10. The Kier molecular flexibility index (Phi) is 5.91. The molecule has 0 aliphatic rings. The molecule has 4 rings (SSSR count). The van der Waals surface area contributed by atoms with Gasteiger partial charge in [-0.25, -0.2) is 14.6 Å². The molecule has 2 heterocycles. The Morgan fingerprint density at radius 2 is 2.03 bits per heavy atom. The van der Waals surface area contributed by atoms with E-state index in [0.717, 1.165) is 26.5 Å². The van der Waals surface area contributed by atoms with Crippen molar-refractivity contribution >= 4 is 38.9 Å². The Bertz CT molecular complexity index is 1170. The van der Waals surface area contributed by atoms with Crippen LogP contribution in [0.5, 0.6) is 5.75 Å². The summed E-state index contributed by atoms with van der Waals surface area (Å²) in [6.07, 6.45) is 3.03. The zero-order valence-electron chi connectivity index (χ0n) is 16.3. The number of nitrogens with one attached hydrogen (secondary N) is 1. The van der Waals surface area contributed by atoms with Crippen molar-refractivity contribution in [3.8, 4) is 22.0 Å². The normalized spacial score (nSPS) is 10.8. The predicted octanol–water partition coefficient (Wildman–Crippen LogP) is 5.11. The molecule has 0 bridgehead atoms. The average molecular weight is 484 g/mol. The summed E-state index contributed by atoms with van der Waals surface area (Å²) in [5, 5.41) is 7.92. The van der Waals surface area contributed by atoms with Gasteiger partial charge in [-0.2, -0.15) is 5.10 Å². The van der Waals surface area contributed by atoms with Crippen LogP contribution in [-0.2, 0) is 0 Å². The van der Waals surface area contributed by atoms with Gasteiger partial charge in [0, 0.05) is 10.0 Å². The Hall–Kier alpha value is -3.04. The lowest BCUT2D eigenvalue weighted by atomic mass is 10.2. The van der Waals surface area contributed by atoms with Crippen LogP contribution in [-0.4, -0.2) is 32.3 Å². The number of carbonyl (C=O) groups excluding carboxylic acids is 1. The van der Waals surface area contributed by atoms with Crippen LogP contribution in [0.1, 0.15) is 22.3 Å². The van der Waals surface area contributed by atoms with Crippen molar-refractivity contribution in [3.63, 3.8) is 0 Å². The highest BCUT2D eigenvalue weighted by atomic mass is 79.9. The molecule has 7 nitrogen and oxygen atoms in total. The first kappa shape index (κ1) is 20.2. The van der Waals surface area contributed by atoms with E-state index in [9.17, 15) is 4.79 Å². The Morgan fingerprint density at radius 3 is 2.73 bits per heavy atom. The summed E-state index contributed by atoms with van der Waals surface area (Å²) < 4.78 is 7.93. The number of hydrogen-bond acceptors (Lipinski definition) is 6. The number of aromatic nitrogens is 4. The van der Waals surface area contributed by atoms with E-state index in [-0.39, 0.29) is 5.91 Å². The molecular weight excluding hydrogens is 466 g/mol. The molecular formula is C21H18BrN5O2S. The number of benzene rings is 2. The highest BCUT2D eigenvalue weighted by Gasteiger charge is 2.18. The van der Waals surface area contributed by atoms with Crippen LogP contribution in [0.15, 0.2) is 59.6 Å². The second kappa shape index (κ2) is 8.76. The van der Waals surface area contributed by atoms with E-state index < -0.39 is 0 Å². The third-order valence-corrected chi connectivity index (χ3v) is 5.99. The molecule has 0 atom stereocenters. The first-order chi connectivity index (χ1) is 14.5. The number of halogens is 1. The summed E-state index contributed by atoms with van der Waals surface area (Å²) in [4.78, 5) is 22.2. The van der Waals surface area contributed by atoms with Crippen molar-refractivity contribution in [2.45, 2.75) is 13.8 Å². The van der Waals surface area contributed by atoms with Gasteiger partial charge in [-0.05, 0) is 56.3 Å². The highest BCUT2D eigenvalue weighted by Crippen LogP contribution is 2.31. The van der Waals surface area contributed by atoms with Crippen LogP contribution in [0, 0.1) is 6.92 Å². The number of ether oxygens (including phenoxy) is 1. The summed E-state index contributed by atoms with van der Waals surface area (Å²) in [6, 6.07) is 13.3. The van der Waals surface area contributed by atoms with Crippen molar-refractivity contribution < 1.29 is 9.53 Å². The maximum absolute atomic E-state index is 13.0. The van der Waals surface area contributed by atoms with Crippen molar-refractivity contribution in [1.29, 1.82) is 0 Å². The molecule has 0 unspecified atom stereocenters. The van der Waals surface area contributed by atoms with Gasteiger partial charge in [-0.15, -0.1) is 11.3 Å². The SMILES string of the molecule is CCOc1ccc(-c2nc(C)c(C(=O)Nc3cc(Br)ccc3-n3cncn3)s2)cc1. The first-order valence-corrected chi connectivity index (χ1v) is 10.8. The topological polar surface area (TPSA) is 81.9 Å². The van der Waals surface area contributed by atoms with Crippen LogP contribution in [0.3, 0.4) is 0 Å². The quantitative estimate of drug-likeness (QED) is 0.411. The second-order valence-corrected chi connectivity index (χ2v) is 8.26. The standard InChI is InChI=1S/C21H18BrN5O2S/c1-3-29-16-7-4-14(5-8-16)21-25-13(2)19(30-21)20(28)26-17-10-15(22)6-9-18(17)27-12-23-11-24-27/h4-12H,3H2,1-2H3,(H,26,28). The van der Waals surface area contributed by atoms with E-state index in [1.54, 1.807) is 11.0 Å². The van der Waals surface area contributed by atoms with Gasteiger partial charge in [0.15, 0.2) is 0 Å². The van der Waals surface area contributed by atoms with Crippen molar-refractivity contribution in [2.75, 3.05) is 11.9 Å². The molecule has 0 spiro atoms. The van der Waals surface area contributed by atoms with E-state index in [1.807, 2.05) is 56.3 Å². The number of rotatable bonds is 6. The average Bonchev–Trinajstić information content (AvgIpc) is 3.39. The van der Waals surface area contributed by atoms with Crippen molar-refractivity contribution in [2.24, 2.45) is 0 Å². The minimum atomic E-state index is -0.221. The first-order valence-electron chi connectivity index (χ1n) is 9.21. The number of carbonyl (C=O) groups is 1. The summed E-state index contributed by atoms with van der Waals surface area (Å²) in [7, 11) is 0. The Morgan fingerprint density at radius 1 is 1.23 bits per heavy atom. The molecule has 9 heteroatoms. The summed E-state index contributed by atoms with van der Waals surface area (Å²) in [5.41, 5.74) is 2.96. The van der Waals surface area contributed by atoms with Crippen LogP contribution in [0.2, 0.25) is 0 Å². The fourth-order valence-corrected chi connectivity index (χ4v) is 4.24. The molecule has 2 aromatic heterocycles. The summed E-state index contributed by atoms with van der Waals surface area (Å²) in [6.45, 7) is 4.40. The van der Waals surface area contributed by atoms with Crippen LogP contribution < -0.4 is 10.1 Å². The number of nitrogens with zero attached hydrogens (tertiary/aromatic N) is 4. The van der Waals surface area contributed by atoms with Gasteiger partial charge in [0.1, 0.15) is 28.3 Å². The predicted molar refractivity (Wildman–Crippen MR) is 120 cm³/mol. The number of amides is 1. The zero-order chi connectivity index (χ0) is 21.1. The third-order valence-electron chi connectivity index (χ3n) is 4.29. The van der Waals surface area contributed by atoms with Crippen LogP contribution >= 0.6 is 27.3 Å². The molecule has 0 fully saturated rings. The smallest absolute Gasteiger partial charge is 0.267 e. The van der Waals surface area contributed by atoms with Gasteiger partial charge >= 0.3 is 0 Å². The van der Waals surface area contributed by atoms with Gasteiger partial charge in [0.2, 0.25) is 0 Å². The van der Waals surface area contributed by atoms with E-state index >= 15 is 0 Å². The van der Waals surface area contributed by atoms with Gasteiger partial charge in [0.25, 0.3) is 5.91 Å². The molecule has 0 radical (unpaired) electrons. The number of thiazole rings is 1. The minimum absolute atomic E-state index is 0.221. The molecule has 2 aromatic carbocycles. The molecule has 0 saturated heterocycles. The van der Waals surface area contributed by atoms with Gasteiger partial charge in [-0.1, -0.05) is 15.9 Å². The van der Waals surface area contributed by atoms with Crippen molar-refractivity contribution in [1.82, 2.24) is 19.7 Å².